The average molecular weight is 421 g/mol. The standard InChI is InChI=1S/C21H19N5O3S/c1-13-8-16-12-23-25-20(16)18(9-13)30(28,29)26-7-6-17(26)21(27)24-19-10-14-4-2-3-5-15(14)11-22-19/h2-5,8-12,17H,6-7H2,1H3,(H,23,25)(H,22,24,27). The molecule has 0 saturated carbocycles. The summed E-state index contributed by atoms with van der Waals surface area (Å²) in [6.45, 7) is 2.12. The smallest absolute Gasteiger partial charge is 0.245 e. The van der Waals surface area contributed by atoms with Gasteiger partial charge in [-0.3, -0.25) is 9.89 Å². The lowest BCUT2D eigenvalue weighted by molar-refractivity contribution is -0.122. The van der Waals surface area contributed by atoms with Crippen LogP contribution in [0.3, 0.4) is 0 Å². The van der Waals surface area contributed by atoms with Crippen LogP contribution in [0.5, 0.6) is 0 Å². The second-order valence-electron chi connectivity index (χ2n) is 7.42. The number of anilines is 1. The van der Waals surface area contributed by atoms with E-state index in [2.05, 4.69) is 20.5 Å². The number of benzene rings is 2. The summed E-state index contributed by atoms with van der Waals surface area (Å²) in [5.41, 5.74) is 1.26. The molecule has 0 radical (unpaired) electrons. The summed E-state index contributed by atoms with van der Waals surface area (Å²) in [5.74, 6) is 0.00979. The fourth-order valence-corrected chi connectivity index (χ4v) is 5.66. The van der Waals surface area contributed by atoms with Gasteiger partial charge in [0.25, 0.3) is 0 Å². The Bertz CT molecular complexity index is 1400. The van der Waals surface area contributed by atoms with Crippen LogP contribution in [-0.2, 0) is 14.8 Å². The number of nitrogens with zero attached hydrogens (tertiary/aromatic N) is 3. The molecule has 2 aromatic heterocycles. The van der Waals surface area contributed by atoms with Crippen molar-refractivity contribution in [2.75, 3.05) is 11.9 Å². The van der Waals surface area contributed by atoms with E-state index in [9.17, 15) is 13.2 Å². The molecule has 5 rings (SSSR count). The summed E-state index contributed by atoms with van der Waals surface area (Å²) in [7, 11) is -3.86. The van der Waals surface area contributed by atoms with Gasteiger partial charge in [0.2, 0.25) is 15.9 Å². The molecule has 2 N–H and O–H groups in total. The highest BCUT2D eigenvalue weighted by Gasteiger charge is 2.43. The van der Waals surface area contributed by atoms with Crippen LogP contribution in [0.4, 0.5) is 5.82 Å². The third kappa shape index (κ3) is 3.03. The van der Waals surface area contributed by atoms with Crippen LogP contribution in [0, 0.1) is 6.92 Å². The summed E-state index contributed by atoms with van der Waals surface area (Å²) in [6.07, 6.45) is 3.73. The van der Waals surface area contributed by atoms with Crippen molar-refractivity contribution in [3.05, 3.63) is 60.4 Å². The SMILES string of the molecule is Cc1cc(S(=O)(=O)N2CCC2C(=O)Nc2cc3ccccc3cn2)c2[nH]ncc2c1. The van der Waals surface area contributed by atoms with E-state index in [-0.39, 0.29) is 17.3 Å². The van der Waals surface area contributed by atoms with Gasteiger partial charge >= 0.3 is 0 Å². The van der Waals surface area contributed by atoms with Gasteiger partial charge in [-0.15, -0.1) is 0 Å². The van der Waals surface area contributed by atoms with Crippen molar-refractivity contribution < 1.29 is 13.2 Å². The number of hydrogen-bond donors (Lipinski definition) is 2. The molecule has 4 aromatic rings. The molecule has 3 heterocycles. The minimum absolute atomic E-state index is 0.135. The number of pyridine rings is 1. The molecule has 1 unspecified atom stereocenters. The van der Waals surface area contributed by atoms with E-state index >= 15 is 0 Å². The maximum absolute atomic E-state index is 13.3. The first-order chi connectivity index (χ1) is 14.4. The molecule has 0 aliphatic carbocycles. The van der Waals surface area contributed by atoms with E-state index in [1.165, 1.54) is 4.31 Å². The molecule has 0 bridgehead atoms. The van der Waals surface area contributed by atoms with Crippen molar-refractivity contribution in [2.24, 2.45) is 0 Å². The molecule has 1 saturated heterocycles. The first-order valence-corrected chi connectivity index (χ1v) is 11.0. The first-order valence-electron chi connectivity index (χ1n) is 9.55. The molecule has 1 atom stereocenters. The summed E-state index contributed by atoms with van der Waals surface area (Å²) in [6, 6.07) is 12.2. The minimum atomic E-state index is -3.86. The van der Waals surface area contributed by atoms with Crippen LogP contribution >= 0.6 is 0 Å². The number of carbonyl (C=O) groups is 1. The highest BCUT2D eigenvalue weighted by molar-refractivity contribution is 7.89. The van der Waals surface area contributed by atoms with Gasteiger partial charge in [0.15, 0.2) is 0 Å². The molecule has 2 aromatic carbocycles. The number of sulfonamides is 1. The topological polar surface area (TPSA) is 108 Å². The fraction of sp³-hybridized carbons (Fsp3) is 0.190. The Hall–Kier alpha value is -3.30. The van der Waals surface area contributed by atoms with Crippen LogP contribution in [0.15, 0.2) is 59.8 Å². The summed E-state index contributed by atoms with van der Waals surface area (Å²) >= 11 is 0. The third-order valence-corrected chi connectivity index (χ3v) is 7.33. The van der Waals surface area contributed by atoms with Gasteiger partial charge in [-0.2, -0.15) is 9.40 Å². The zero-order valence-electron chi connectivity index (χ0n) is 16.2. The minimum Gasteiger partial charge on any atom is -0.309 e. The molecule has 1 fully saturated rings. The molecule has 9 heteroatoms. The maximum Gasteiger partial charge on any atom is 0.245 e. The number of rotatable bonds is 4. The van der Waals surface area contributed by atoms with Crippen molar-refractivity contribution in [1.29, 1.82) is 0 Å². The van der Waals surface area contributed by atoms with Gasteiger partial charge in [0.1, 0.15) is 16.8 Å². The number of hydrogen-bond acceptors (Lipinski definition) is 5. The van der Waals surface area contributed by atoms with Crippen LogP contribution in [0.2, 0.25) is 0 Å². The molecular formula is C21H19N5O3S. The number of H-pyrrole nitrogens is 1. The van der Waals surface area contributed by atoms with Crippen molar-refractivity contribution >= 4 is 43.4 Å². The second kappa shape index (κ2) is 6.89. The normalized spacial score (nSPS) is 17.2. The zero-order chi connectivity index (χ0) is 20.9. The molecular weight excluding hydrogens is 402 g/mol. The molecule has 1 aliphatic heterocycles. The summed E-state index contributed by atoms with van der Waals surface area (Å²) < 4.78 is 27.8. The fourth-order valence-electron chi connectivity index (χ4n) is 3.77. The predicted molar refractivity (Wildman–Crippen MR) is 114 cm³/mol. The predicted octanol–water partition coefficient (Wildman–Crippen LogP) is 2.82. The molecule has 1 aliphatic rings. The number of aromatic amines is 1. The largest absolute Gasteiger partial charge is 0.309 e. The Kier molecular flexibility index (Phi) is 4.30. The van der Waals surface area contributed by atoms with Crippen LogP contribution in [0.1, 0.15) is 12.0 Å². The number of carbonyl (C=O) groups excluding carboxylic acids is 1. The first kappa shape index (κ1) is 18.7. The quantitative estimate of drug-likeness (QED) is 0.527. The molecule has 0 spiro atoms. The van der Waals surface area contributed by atoms with E-state index in [0.29, 0.717) is 17.8 Å². The van der Waals surface area contributed by atoms with Gasteiger partial charge in [0.05, 0.1) is 11.7 Å². The number of fused-ring (bicyclic) bond motifs is 2. The van der Waals surface area contributed by atoms with Gasteiger partial charge in [-0.1, -0.05) is 24.3 Å². The average Bonchev–Trinajstić information content (AvgIpc) is 3.14. The molecule has 152 valence electrons. The highest BCUT2D eigenvalue weighted by atomic mass is 32.2. The third-order valence-electron chi connectivity index (χ3n) is 5.40. The van der Waals surface area contributed by atoms with Gasteiger partial charge in [-0.25, -0.2) is 13.4 Å². The van der Waals surface area contributed by atoms with Gasteiger partial charge in [0, 0.05) is 23.5 Å². The zero-order valence-corrected chi connectivity index (χ0v) is 17.0. The molecule has 30 heavy (non-hydrogen) atoms. The summed E-state index contributed by atoms with van der Waals surface area (Å²) in [5, 5.41) is 12.1. The van der Waals surface area contributed by atoms with Crippen molar-refractivity contribution in [1.82, 2.24) is 19.5 Å². The Morgan fingerprint density at radius 3 is 2.70 bits per heavy atom. The Morgan fingerprint density at radius 2 is 1.93 bits per heavy atom. The number of aryl methyl sites for hydroxylation is 1. The van der Waals surface area contributed by atoms with E-state index < -0.39 is 16.1 Å². The Balaban J connectivity index is 1.42. The van der Waals surface area contributed by atoms with E-state index in [1.807, 2.05) is 37.3 Å². The van der Waals surface area contributed by atoms with E-state index in [4.69, 9.17) is 0 Å². The van der Waals surface area contributed by atoms with Crippen molar-refractivity contribution in [2.45, 2.75) is 24.3 Å². The Labute approximate surface area is 173 Å². The second-order valence-corrected chi connectivity index (χ2v) is 9.28. The van der Waals surface area contributed by atoms with Crippen molar-refractivity contribution in [3.63, 3.8) is 0 Å². The number of aromatic nitrogens is 3. The lowest BCUT2D eigenvalue weighted by Crippen LogP contribution is -2.56. The highest BCUT2D eigenvalue weighted by Crippen LogP contribution is 2.32. The van der Waals surface area contributed by atoms with E-state index in [0.717, 1.165) is 21.7 Å². The van der Waals surface area contributed by atoms with Gasteiger partial charge < -0.3 is 5.32 Å². The number of amides is 1. The Morgan fingerprint density at radius 1 is 1.13 bits per heavy atom. The maximum atomic E-state index is 13.3. The molecule has 8 nitrogen and oxygen atoms in total. The molecule has 1 amide bonds. The van der Waals surface area contributed by atoms with Gasteiger partial charge in [-0.05, 0) is 42.5 Å². The number of nitrogens with one attached hydrogen (secondary N) is 2. The monoisotopic (exact) mass is 421 g/mol. The lowest BCUT2D eigenvalue weighted by atomic mass is 10.1. The lowest BCUT2D eigenvalue weighted by Gasteiger charge is -2.38. The van der Waals surface area contributed by atoms with Crippen LogP contribution < -0.4 is 5.32 Å². The van der Waals surface area contributed by atoms with Crippen LogP contribution in [-0.4, -0.2) is 46.4 Å². The van der Waals surface area contributed by atoms with Crippen molar-refractivity contribution in [3.8, 4) is 0 Å². The summed E-state index contributed by atoms with van der Waals surface area (Å²) in [4.78, 5) is 17.2. The van der Waals surface area contributed by atoms with Crippen LogP contribution in [0.25, 0.3) is 21.7 Å². The van der Waals surface area contributed by atoms with E-state index in [1.54, 1.807) is 24.5 Å².